The van der Waals surface area contributed by atoms with Crippen molar-refractivity contribution in [2.45, 2.75) is 45.6 Å². The first-order valence-electron chi connectivity index (χ1n) is 8.93. The van der Waals surface area contributed by atoms with Gasteiger partial charge in [0.05, 0.1) is 17.6 Å². The van der Waals surface area contributed by atoms with Gasteiger partial charge in [0.15, 0.2) is 0 Å². The SMILES string of the molecule is Cc1cc(CC(C)C)nc(N2CC[C@]3(C2)NCCc2[nH]cnc23)n1. The molecule has 4 rings (SSSR count). The highest BCUT2D eigenvalue weighted by Gasteiger charge is 2.45. The second kappa shape index (κ2) is 5.84. The van der Waals surface area contributed by atoms with Crippen molar-refractivity contribution in [2.75, 3.05) is 24.5 Å². The molecule has 2 N–H and O–H groups in total. The summed E-state index contributed by atoms with van der Waals surface area (Å²) in [7, 11) is 0. The van der Waals surface area contributed by atoms with E-state index in [0.717, 1.165) is 56.2 Å². The second-order valence-corrected chi connectivity index (χ2v) is 7.56. The van der Waals surface area contributed by atoms with Gasteiger partial charge in [0.25, 0.3) is 0 Å². The zero-order chi connectivity index (χ0) is 16.7. The van der Waals surface area contributed by atoms with E-state index >= 15 is 0 Å². The number of fused-ring (bicyclic) bond motifs is 2. The van der Waals surface area contributed by atoms with Gasteiger partial charge in [-0.15, -0.1) is 0 Å². The smallest absolute Gasteiger partial charge is 0.225 e. The van der Waals surface area contributed by atoms with Crippen molar-refractivity contribution in [1.29, 1.82) is 0 Å². The molecule has 128 valence electrons. The van der Waals surface area contributed by atoms with Gasteiger partial charge in [-0.3, -0.25) is 0 Å². The van der Waals surface area contributed by atoms with E-state index in [9.17, 15) is 0 Å². The molecule has 24 heavy (non-hydrogen) atoms. The summed E-state index contributed by atoms with van der Waals surface area (Å²) in [5.74, 6) is 1.47. The van der Waals surface area contributed by atoms with Gasteiger partial charge < -0.3 is 15.2 Å². The van der Waals surface area contributed by atoms with Crippen molar-refractivity contribution >= 4 is 5.95 Å². The maximum Gasteiger partial charge on any atom is 0.225 e. The largest absolute Gasteiger partial charge is 0.348 e. The predicted octanol–water partition coefficient (Wildman–Crippen LogP) is 1.96. The first kappa shape index (κ1) is 15.6. The zero-order valence-electron chi connectivity index (χ0n) is 14.8. The molecule has 1 fully saturated rings. The predicted molar refractivity (Wildman–Crippen MR) is 94.1 cm³/mol. The number of aromatic nitrogens is 4. The number of aryl methyl sites for hydroxylation is 1. The molecule has 0 unspecified atom stereocenters. The number of aromatic amines is 1. The van der Waals surface area contributed by atoms with Crippen molar-refractivity contribution < 1.29 is 0 Å². The van der Waals surface area contributed by atoms with E-state index < -0.39 is 0 Å². The first-order chi connectivity index (χ1) is 11.6. The van der Waals surface area contributed by atoms with Crippen LogP contribution in [0.3, 0.4) is 0 Å². The van der Waals surface area contributed by atoms with Gasteiger partial charge in [0.2, 0.25) is 5.95 Å². The van der Waals surface area contributed by atoms with Crippen molar-refractivity contribution in [3.63, 3.8) is 0 Å². The second-order valence-electron chi connectivity index (χ2n) is 7.56. The molecule has 1 atom stereocenters. The van der Waals surface area contributed by atoms with E-state index in [1.54, 1.807) is 0 Å². The number of nitrogens with zero attached hydrogens (tertiary/aromatic N) is 4. The Balaban J connectivity index is 1.61. The zero-order valence-corrected chi connectivity index (χ0v) is 14.8. The minimum Gasteiger partial charge on any atom is -0.348 e. The summed E-state index contributed by atoms with van der Waals surface area (Å²) in [6.45, 7) is 9.36. The number of anilines is 1. The van der Waals surface area contributed by atoms with Crippen molar-refractivity contribution in [2.24, 2.45) is 5.92 Å². The van der Waals surface area contributed by atoms with Crippen molar-refractivity contribution in [3.8, 4) is 0 Å². The lowest BCUT2D eigenvalue weighted by Gasteiger charge is -2.33. The Bertz CT molecular complexity index is 737. The lowest BCUT2D eigenvalue weighted by Crippen LogP contribution is -2.49. The van der Waals surface area contributed by atoms with E-state index in [1.165, 1.54) is 11.4 Å². The molecule has 2 aromatic heterocycles. The number of nitrogens with one attached hydrogen (secondary N) is 2. The van der Waals surface area contributed by atoms with Crippen molar-refractivity contribution in [1.82, 2.24) is 25.3 Å². The molecule has 0 amide bonds. The molecule has 2 aliphatic rings. The normalized spacial score (nSPS) is 23.2. The van der Waals surface area contributed by atoms with Crippen LogP contribution in [0.25, 0.3) is 0 Å². The Labute approximate surface area is 143 Å². The third-order valence-corrected chi connectivity index (χ3v) is 5.07. The molecule has 0 aliphatic carbocycles. The molecule has 0 saturated carbocycles. The minimum atomic E-state index is -0.0566. The molecule has 0 aromatic carbocycles. The molecular formula is C18H26N6. The third-order valence-electron chi connectivity index (χ3n) is 5.07. The Hall–Kier alpha value is -1.95. The Morgan fingerprint density at radius 3 is 3.04 bits per heavy atom. The van der Waals surface area contributed by atoms with Crippen LogP contribution in [0.4, 0.5) is 5.95 Å². The summed E-state index contributed by atoms with van der Waals surface area (Å²) >= 11 is 0. The molecule has 6 heteroatoms. The quantitative estimate of drug-likeness (QED) is 0.902. The van der Waals surface area contributed by atoms with Crippen LogP contribution in [0.15, 0.2) is 12.4 Å². The van der Waals surface area contributed by atoms with Crippen LogP contribution in [0.2, 0.25) is 0 Å². The lowest BCUT2D eigenvalue weighted by molar-refractivity contribution is 0.339. The molecule has 0 radical (unpaired) electrons. The van der Waals surface area contributed by atoms with Crippen LogP contribution in [-0.2, 0) is 18.4 Å². The lowest BCUT2D eigenvalue weighted by atomic mass is 9.89. The van der Waals surface area contributed by atoms with Gasteiger partial charge in [0, 0.05) is 43.1 Å². The fourth-order valence-electron chi connectivity index (χ4n) is 4.03. The monoisotopic (exact) mass is 326 g/mol. The van der Waals surface area contributed by atoms with E-state index in [0.29, 0.717) is 5.92 Å². The molecule has 1 spiro atoms. The molecule has 2 aromatic rings. The molecule has 6 nitrogen and oxygen atoms in total. The fraction of sp³-hybridized carbons (Fsp3) is 0.611. The Morgan fingerprint density at radius 1 is 1.33 bits per heavy atom. The van der Waals surface area contributed by atoms with Crippen molar-refractivity contribution in [3.05, 3.63) is 35.2 Å². The summed E-state index contributed by atoms with van der Waals surface area (Å²) < 4.78 is 0. The van der Waals surface area contributed by atoms with Gasteiger partial charge in [-0.25, -0.2) is 15.0 Å². The van der Waals surface area contributed by atoms with Gasteiger partial charge in [-0.1, -0.05) is 13.8 Å². The summed E-state index contributed by atoms with van der Waals surface area (Å²) in [5.41, 5.74) is 4.60. The summed E-state index contributed by atoms with van der Waals surface area (Å²) in [6.07, 6.45) is 4.89. The Kier molecular flexibility index (Phi) is 3.79. The van der Waals surface area contributed by atoms with Crippen LogP contribution < -0.4 is 10.2 Å². The molecule has 0 bridgehead atoms. The third kappa shape index (κ3) is 2.69. The summed E-state index contributed by atoms with van der Waals surface area (Å²) in [5, 5.41) is 3.72. The molecular weight excluding hydrogens is 300 g/mol. The number of hydrogen-bond donors (Lipinski definition) is 2. The van der Waals surface area contributed by atoms with Crippen LogP contribution in [-0.4, -0.2) is 39.6 Å². The highest BCUT2D eigenvalue weighted by molar-refractivity contribution is 5.40. The summed E-state index contributed by atoms with van der Waals surface area (Å²) in [4.78, 5) is 19.8. The average molecular weight is 326 g/mol. The first-order valence-corrected chi connectivity index (χ1v) is 8.93. The summed E-state index contributed by atoms with van der Waals surface area (Å²) in [6, 6.07) is 2.11. The van der Waals surface area contributed by atoms with Crippen LogP contribution in [0, 0.1) is 12.8 Å². The molecule has 2 aliphatic heterocycles. The van der Waals surface area contributed by atoms with Crippen LogP contribution in [0.5, 0.6) is 0 Å². The van der Waals surface area contributed by atoms with Gasteiger partial charge in [-0.2, -0.15) is 0 Å². The van der Waals surface area contributed by atoms with Crippen LogP contribution >= 0.6 is 0 Å². The van der Waals surface area contributed by atoms with E-state index in [1.807, 2.05) is 6.33 Å². The minimum absolute atomic E-state index is 0.0566. The average Bonchev–Trinajstić information content (AvgIpc) is 3.14. The number of H-pyrrole nitrogens is 1. The van der Waals surface area contributed by atoms with E-state index in [-0.39, 0.29) is 5.54 Å². The highest BCUT2D eigenvalue weighted by Crippen LogP contribution is 2.36. The highest BCUT2D eigenvalue weighted by atomic mass is 15.3. The number of imidazole rings is 1. The maximum atomic E-state index is 4.84. The number of hydrogen-bond acceptors (Lipinski definition) is 5. The number of rotatable bonds is 3. The topological polar surface area (TPSA) is 69.7 Å². The molecule has 4 heterocycles. The van der Waals surface area contributed by atoms with Crippen LogP contribution in [0.1, 0.15) is 43.0 Å². The maximum absolute atomic E-state index is 4.84. The standard InChI is InChI=1S/C18H26N6/c1-12(2)8-14-9-13(3)22-17(23-14)24-7-5-18(10-24)16-15(4-6-21-18)19-11-20-16/h9,11-12,21H,4-8,10H2,1-3H3,(H,19,20)/t18-/m1/s1. The van der Waals surface area contributed by atoms with E-state index in [4.69, 9.17) is 9.97 Å². The fourth-order valence-corrected chi connectivity index (χ4v) is 4.03. The van der Waals surface area contributed by atoms with E-state index in [2.05, 4.69) is 47.0 Å². The Morgan fingerprint density at radius 2 is 2.21 bits per heavy atom. The van der Waals surface area contributed by atoms with Gasteiger partial charge in [-0.05, 0) is 31.7 Å². The van der Waals surface area contributed by atoms with Gasteiger partial charge in [0.1, 0.15) is 0 Å². The van der Waals surface area contributed by atoms with Gasteiger partial charge >= 0.3 is 0 Å². The molecule has 1 saturated heterocycles.